The average molecular weight is 270 g/mol. The molecule has 0 unspecified atom stereocenters. The molecule has 3 N–H and O–H groups in total. The van der Waals surface area contributed by atoms with Crippen LogP contribution in [0.5, 0.6) is 0 Å². The minimum atomic E-state index is -4.47. The van der Waals surface area contributed by atoms with E-state index in [1.54, 1.807) is 24.3 Å². The van der Waals surface area contributed by atoms with Gasteiger partial charge in [0, 0.05) is 6.42 Å². The molecule has 1 aromatic rings. The predicted octanol–water partition coefficient (Wildman–Crippen LogP) is 2.73. The standard InChI is InChI=1S/C11H14F3NO.ClH/c1-7-2-4-8(5-3-7)9(16)6-10(15)11(12,13)14;/h2-5,9-10,16H,6,15H2,1H3;1H/t9-,10+;/m0./s1. The number of hydrogen-bond acceptors (Lipinski definition) is 2. The highest BCUT2D eigenvalue weighted by molar-refractivity contribution is 5.85. The van der Waals surface area contributed by atoms with Crippen molar-refractivity contribution in [3.05, 3.63) is 35.4 Å². The molecule has 0 amide bonds. The molecule has 0 aromatic heterocycles. The second-order valence-corrected chi connectivity index (χ2v) is 3.81. The summed E-state index contributed by atoms with van der Waals surface area (Å²) in [5.41, 5.74) is 6.37. The lowest BCUT2D eigenvalue weighted by Gasteiger charge is -2.19. The lowest BCUT2D eigenvalue weighted by Crippen LogP contribution is -2.38. The fourth-order valence-electron chi connectivity index (χ4n) is 1.30. The molecule has 0 saturated carbocycles. The molecule has 0 spiro atoms. The van der Waals surface area contributed by atoms with Gasteiger partial charge in [0.05, 0.1) is 6.10 Å². The number of aliphatic hydroxyl groups excluding tert-OH is 1. The normalized spacial score (nSPS) is 14.9. The lowest BCUT2D eigenvalue weighted by molar-refractivity contribution is -0.153. The van der Waals surface area contributed by atoms with Crippen LogP contribution in [0.4, 0.5) is 13.2 Å². The predicted molar refractivity (Wildman–Crippen MR) is 62.0 cm³/mol. The van der Waals surface area contributed by atoms with E-state index in [0.29, 0.717) is 5.56 Å². The van der Waals surface area contributed by atoms with Crippen LogP contribution in [0.1, 0.15) is 23.7 Å². The first-order valence-electron chi connectivity index (χ1n) is 4.87. The molecule has 0 radical (unpaired) electrons. The highest BCUT2D eigenvalue weighted by atomic mass is 35.5. The van der Waals surface area contributed by atoms with Crippen LogP contribution in [0.25, 0.3) is 0 Å². The molecule has 0 heterocycles. The van der Waals surface area contributed by atoms with Crippen LogP contribution in [-0.4, -0.2) is 17.3 Å². The summed E-state index contributed by atoms with van der Waals surface area (Å²) in [4.78, 5) is 0. The van der Waals surface area contributed by atoms with Gasteiger partial charge < -0.3 is 10.8 Å². The Morgan fingerprint density at radius 1 is 1.24 bits per heavy atom. The third kappa shape index (κ3) is 4.93. The van der Waals surface area contributed by atoms with E-state index < -0.39 is 24.7 Å². The van der Waals surface area contributed by atoms with Crippen LogP contribution < -0.4 is 5.73 Å². The highest BCUT2D eigenvalue weighted by Crippen LogP contribution is 2.26. The van der Waals surface area contributed by atoms with Crippen molar-refractivity contribution < 1.29 is 18.3 Å². The van der Waals surface area contributed by atoms with Crippen LogP contribution in [0.15, 0.2) is 24.3 Å². The Kier molecular flexibility index (Phi) is 5.95. The first-order valence-corrected chi connectivity index (χ1v) is 4.87. The van der Waals surface area contributed by atoms with Gasteiger partial charge in [-0.3, -0.25) is 0 Å². The second kappa shape index (κ2) is 6.23. The first-order chi connectivity index (χ1) is 7.30. The van der Waals surface area contributed by atoms with Gasteiger partial charge >= 0.3 is 6.18 Å². The molecular formula is C11H15ClF3NO. The number of alkyl halides is 3. The van der Waals surface area contributed by atoms with E-state index in [-0.39, 0.29) is 12.4 Å². The van der Waals surface area contributed by atoms with Crippen LogP contribution >= 0.6 is 12.4 Å². The van der Waals surface area contributed by atoms with E-state index in [4.69, 9.17) is 5.73 Å². The quantitative estimate of drug-likeness (QED) is 0.886. The van der Waals surface area contributed by atoms with Crippen molar-refractivity contribution in [1.82, 2.24) is 0 Å². The van der Waals surface area contributed by atoms with Gasteiger partial charge in [-0.05, 0) is 12.5 Å². The van der Waals surface area contributed by atoms with E-state index in [9.17, 15) is 18.3 Å². The maximum Gasteiger partial charge on any atom is 0.403 e. The van der Waals surface area contributed by atoms with Crippen LogP contribution in [-0.2, 0) is 0 Å². The Labute approximate surface area is 104 Å². The van der Waals surface area contributed by atoms with Crippen molar-refractivity contribution in [3.8, 4) is 0 Å². The van der Waals surface area contributed by atoms with Gasteiger partial charge in [0.15, 0.2) is 0 Å². The van der Waals surface area contributed by atoms with Gasteiger partial charge in [-0.1, -0.05) is 29.8 Å². The van der Waals surface area contributed by atoms with Gasteiger partial charge in [0.2, 0.25) is 0 Å². The third-order valence-electron chi connectivity index (χ3n) is 2.36. The summed E-state index contributed by atoms with van der Waals surface area (Å²) in [6.07, 6.45) is -6.17. The fraction of sp³-hybridized carbons (Fsp3) is 0.455. The summed E-state index contributed by atoms with van der Waals surface area (Å²) in [6.45, 7) is 1.86. The van der Waals surface area contributed by atoms with Crippen molar-refractivity contribution >= 4 is 12.4 Å². The molecule has 0 bridgehead atoms. The smallest absolute Gasteiger partial charge is 0.388 e. The van der Waals surface area contributed by atoms with E-state index in [1.807, 2.05) is 6.92 Å². The van der Waals surface area contributed by atoms with Gasteiger partial charge in [-0.2, -0.15) is 13.2 Å². The Morgan fingerprint density at radius 3 is 2.12 bits per heavy atom. The van der Waals surface area contributed by atoms with Gasteiger partial charge in [-0.25, -0.2) is 0 Å². The van der Waals surface area contributed by atoms with E-state index >= 15 is 0 Å². The number of aryl methyl sites for hydroxylation is 1. The maximum absolute atomic E-state index is 12.2. The summed E-state index contributed by atoms with van der Waals surface area (Å²) in [7, 11) is 0. The molecule has 17 heavy (non-hydrogen) atoms. The molecule has 0 aliphatic rings. The largest absolute Gasteiger partial charge is 0.403 e. The molecule has 0 saturated heterocycles. The number of aliphatic hydroxyl groups is 1. The number of rotatable bonds is 3. The van der Waals surface area contributed by atoms with Crippen molar-refractivity contribution in [2.24, 2.45) is 5.73 Å². The fourth-order valence-corrected chi connectivity index (χ4v) is 1.30. The summed E-state index contributed by atoms with van der Waals surface area (Å²) < 4.78 is 36.5. The Hall–Kier alpha value is -0.780. The Balaban J connectivity index is 0.00000256. The zero-order valence-corrected chi connectivity index (χ0v) is 10.1. The van der Waals surface area contributed by atoms with Crippen LogP contribution in [0.3, 0.4) is 0 Å². The zero-order chi connectivity index (χ0) is 12.3. The van der Waals surface area contributed by atoms with Crippen molar-refractivity contribution in [2.75, 3.05) is 0 Å². The number of hydrogen-bond donors (Lipinski definition) is 2. The average Bonchev–Trinajstić information content (AvgIpc) is 2.17. The zero-order valence-electron chi connectivity index (χ0n) is 9.24. The minimum absolute atomic E-state index is 0. The molecule has 1 rings (SSSR count). The van der Waals surface area contributed by atoms with Crippen LogP contribution in [0.2, 0.25) is 0 Å². The number of nitrogens with two attached hydrogens (primary N) is 1. The van der Waals surface area contributed by atoms with Gasteiger partial charge in [0.1, 0.15) is 6.04 Å². The number of benzene rings is 1. The summed E-state index contributed by atoms with van der Waals surface area (Å²) in [6, 6.07) is 4.67. The van der Waals surface area contributed by atoms with Crippen molar-refractivity contribution in [3.63, 3.8) is 0 Å². The van der Waals surface area contributed by atoms with Crippen molar-refractivity contribution in [1.29, 1.82) is 0 Å². The first kappa shape index (κ1) is 16.2. The van der Waals surface area contributed by atoms with Gasteiger partial charge in [-0.15, -0.1) is 12.4 Å². The van der Waals surface area contributed by atoms with Gasteiger partial charge in [0.25, 0.3) is 0 Å². The molecule has 0 aliphatic carbocycles. The molecule has 1 aromatic carbocycles. The molecule has 0 fully saturated rings. The summed E-state index contributed by atoms with van der Waals surface area (Å²) >= 11 is 0. The molecule has 6 heteroatoms. The topological polar surface area (TPSA) is 46.2 Å². The molecule has 2 nitrogen and oxygen atoms in total. The summed E-state index contributed by atoms with van der Waals surface area (Å²) in [5.74, 6) is 0. The number of halogens is 4. The molecule has 98 valence electrons. The molecular weight excluding hydrogens is 255 g/mol. The second-order valence-electron chi connectivity index (χ2n) is 3.81. The van der Waals surface area contributed by atoms with E-state index in [0.717, 1.165) is 5.56 Å². The van der Waals surface area contributed by atoms with Crippen LogP contribution in [0, 0.1) is 6.92 Å². The maximum atomic E-state index is 12.2. The summed E-state index contributed by atoms with van der Waals surface area (Å²) in [5, 5.41) is 9.57. The third-order valence-corrected chi connectivity index (χ3v) is 2.36. The SMILES string of the molecule is Cc1ccc([C@@H](O)C[C@@H](N)C(F)(F)F)cc1.Cl. The lowest BCUT2D eigenvalue weighted by atomic mass is 10.0. The van der Waals surface area contributed by atoms with Crippen molar-refractivity contribution in [2.45, 2.75) is 31.7 Å². The highest BCUT2D eigenvalue weighted by Gasteiger charge is 2.37. The Bertz CT molecular complexity index is 340. The molecule has 2 atom stereocenters. The Morgan fingerprint density at radius 2 is 1.71 bits per heavy atom. The monoisotopic (exact) mass is 269 g/mol. The minimum Gasteiger partial charge on any atom is -0.388 e. The van der Waals surface area contributed by atoms with E-state index in [2.05, 4.69) is 0 Å². The molecule has 0 aliphatic heterocycles. The van der Waals surface area contributed by atoms with E-state index in [1.165, 1.54) is 0 Å².